The average molecular weight is 432 g/mol. The Kier molecular flexibility index (Phi) is 5.93. The van der Waals surface area contributed by atoms with E-state index in [4.69, 9.17) is 0 Å². The van der Waals surface area contributed by atoms with Gasteiger partial charge in [-0.2, -0.15) is 13.2 Å². The summed E-state index contributed by atoms with van der Waals surface area (Å²) in [7, 11) is -5.53. The van der Waals surface area contributed by atoms with E-state index >= 15 is 0 Å². The van der Waals surface area contributed by atoms with Gasteiger partial charge in [-0.15, -0.1) is 0 Å². The largest absolute Gasteiger partial charge is 0.501 e. The van der Waals surface area contributed by atoms with Crippen molar-refractivity contribution in [2.45, 2.75) is 49.4 Å². The number of benzene rings is 1. The average Bonchev–Trinajstić information content (AvgIpc) is 2.62. The molecule has 0 aliphatic heterocycles. The molecule has 2 bridgehead atoms. The van der Waals surface area contributed by atoms with Crippen LogP contribution in [0.4, 0.5) is 24.5 Å². The van der Waals surface area contributed by atoms with Crippen LogP contribution in [0.25, 0.3) is 0 Å². The van der Waals surface area contributed by atoms with Gasteiger partial charge in [0.1, 0.15) is 5.78 Å². The smallest absolute Gasteiger partial charge is 0.384 e. The first-order valence-electron chi connectivity index (χ1n) is 9.58. The molecular weight excluding hydrogens is 409 g/mol. The number of fused-ring (bicyclic) bond motifs is 2. The number of hydrogen-bond acceptors (Lipinski definition) is 5. The lowest BCUT2D eigenvalue weighted by molar-refractivity contribution is -0.136. The van der Waals surface area contributed by atoms with E-state index in [-0.39, 0.29) is 23.3 Å². The molecule has 1 aromatic rings. The van der Waals surface area contributed by atoms with Crippen LogP contribution in [-0.2, 0) is 19.4 Å². The van der Waals surface area contributed by atoms with Crippen LogP contribution in [0.15, 0.2) is 23.1 Å². The van der Waals surface area contributed by atoms with Gasteiger partial charge in [-0.1, -0.05) is 6.42 Å². The highest BCUT2D eigenvalue weighted by Crippen LogP contribution is 2.41. The molecule has 2 aliphatic rings. The van der Waals surface area contributed by atoms with Crippen molar-refractivity contribution in [1.29, 1.82) is 0 Å². The van der Waals surface area contributed by atoms with E-state index in [1.165, 1.54) is 6.07 Å². The van der Waals surface area contributed by atoms with Gasteiger partial charge in [0.05, 0.1) is 16.3 Å². The maximum absolute atomic E-state index is 12.9. The van der Waals surface area contributed by atoms with Gasteiger partial charge in [0.2, 0.25) is 5.91 Å². The Labute approximate surface area is 167 Å². The van der Waals surface area contributed by atoms with E-state index in [0.717, 1.165) is 31.4 Å². The molecule has 0 saturated heterocycles. The summed E-state index contributed by atoms with van der Waals surface area (Å²) < 4.78 is 62.2. The number of halogens is 3. The zero-order valence-electron chi connectivity index (χ0n) is 15.9. The van der Waals surface area contributed by atoms with Crippen molar-refractivity contribution >= 4 is 32.9 Å². The Balaban J connectivity index is 1.86. The molecule has 29 heavy (non-hydrogen) atoms. The molecule has 2 fully saturated rings. The first-order chi connectivity index (χ1) is 13.5. The van der Waals surface area contributed by atoms with Crippen molar-refractivity contribution in [2.24, 2.45) is 17.8 Å². The van der Waals surface area contributed by atoms with Crippen LogP contribution in [0.3, 0.4) is 0 Å². The molecule has 160 valence electrons. The van der Waals surface area contributed by atoms with Crippen molar-refractivity contribution in [3.05, 3.63) is 18.2 Å². The predicted molar refractivity (Wildman–Crippen MR) is 101 cm³/mol. The Morgan fingerprint density at radius 3 is 2.31 bits per heavy atom. The molecule has 0 radical (unpaired) electrons. The maximum Gasteiger partial charge on any atom is 0.501 e. The molecule has 2 atom stereocenters. The Morgan fingerprint density at radius 2 is 1.76 bits per heavy atom. The van der Waals surface area contributed by atoms with Crippen LogP contribution < -0.4 is 10.6 Å². The fourth-order valence-electron chi connectivity index (χ4n) is 4.20. The third-order valence-electron chi connectivity index (χ3n) is 5.65. The molecule has 0 spiro atoms. The number of nitrogens with one attached hydrogen (secondary N) is 2. The molecule has 0 unspecified atom stereocenters. The monoisotopic (exact) mass is 432 g/mol. The zero-order valence-corrected chi connectivity index (χ0v) is 16.7. The van der Waals surface area contributed by atoms with Crippen LogP contribution in [0.1, 0.15) is 39.0 Å². The van der Waals surface area contributed by atoms with Crippen molar-refractivity contribution < 1.29 is 31.2 Å². The van der Waals surface area contributed by atoms with Crippen molar-refractivity contribution in [1.82, 2.24) is 0 Å². The number of rotatable bonds is 5. The highest BCUT2D eigenvalue weighted by Gasteiger charge is 2.47. The van der Waals surface area contributed by atoms with E-state index < -0.39 is 32.1 Å². The van der Waals surface area contributed by atoms with Crippen LogP contribution in [0.2, 0.25) is 0 Å². The number of anilines is 2. The van der Waals surface area contributed by atoms with Crippen LogP contribution >= 0.6 is 0 Å². The number of amides is 1. The number of carbonyl (C=O) groups excluding carboxylic acids is 2. The molecule has 0 heterocycles. The summed E-state index contributed by atoms with van der Waals surface area (Å²) in [5.41, 5.74) is -5.13. The fourth-order valence-corrected chi connectivity index (χ4v) is 4.99. The van der Waals surface area contributed by atoms with Crippen LogP contribution in [0, 0.1) is 17.8 Å². The van der Waals surface area contributed by atoms with Gasteiger partial charge in [-0.3, -0.25) is 9.59 Å². The molecule has 6 nitrogen and oxygen atoms in total. The second-order valence-corrected chi connectivity index (χ2v) is 9.51. The molecule has 2 N–H and O–H groups in total. The van der Waals surface area contributed by atoms with Crippen LogP contribution in [0.5, 0.6) is 0 Å². The summed E-state index contributed by atoms with van der Waals surface area (Å²) in [6.45, 7) is 2.19. The van der Waals surface area contributed by atoms with Crippen molar-refractivity contribution in [2.75, 3.05) is 17.2 Å². The van der Waals surface area contributed by atoms with Gasteiger partial charge in [0.15, 0.2) is 0 Å². The highest BCUT2D eigenvalue weighted by molar-refractivity contribution is 7.92. The van der Waals surface area contributed by atoms with E-state index in [1.54, 1.807) is 6.92 Å². The van der Waals surface area contributed by atoms with E-state index in [2.05, 4.69) is 10.6 Å². The van der Waals surface area contributed by atoms with E-state index in [0.29, 0.717) is 25.1 Å². The lowest BCUT2D eigenvalue weighted by atomic mass is 9.67. The van der Waals surface area contributed by atoms with Gasteiger partial charge >= 0.3 is 5.51 Å². The first-order valence-corrected chi connectivity index (χ1v) is 11.1. The SMILES string of the molecule is CCNc1ccc(S(=O)(=O)C(F)(F)F)cc1NC(=O)C1C[C@@H]2CCC[C@@H](C1)C2=O. The summed E-state index contributed by atoms with van der Waals surface area (Å²) in [5, 5.41) is 5.49. The molecule has 1 amide bonds. The molecular formula is C19H23F3N2O4S. The summed E-state index contributed by atoms with van der Waals surface area (Å²) >= 11 is 0. The molecule has 3 rings (SSSR count). The number of alkyl halides is 3. The third kappa shape index (κ3) is 4.26. The number of carbonyl (C=O) groups is 2. The van der Waals surface area contributed by atoms with Gasteiger partial charge in [0.25, 0.3) is 9.84 Å². The summed E-state index contributed by atoms with van der Waals surface area (Å²) in [5.74, 6) is -0.936. The number of Topliss-reactive ketones (excluding diaryl/α,β-unsaturated/α-hetero) is 1. The number of ketones is 1. The van der Waals surface area contributed by atoms with Crippen molar-refractivity contribution in [3.63, 3.8) is 0 Å². The summed E-state index contributed by atoms with van der Waals surface area (Å²) in [4.78, 5) is 24.1. The second kappa shape index (κ2) is 7.97. The lowest BCUT2D eigenvalue weighted by Crippen LogP contribution is -2.40. The minimum absolute atomic E-state index is 0.0239. The quantitative estimate of drug-likeness (QED) is 0.739. The second-order valence-electron chi connectivity index (χ2n) is 7.57. The fraction of sp³-hybridized carbons (Fsp3) is 0.579. The van der Waals surface area contributed by atoms with E-state index in [1.807, 2.05) is 0 Å². The molecule has 1 aromatic carbocycles. The van der Waals surface area contributed by atoms with E-state index in [9.17, 15) is 31.2 Å². The molecule has 0 aromatic heterocycles. The molecule has 2 saturated carbocycles. The topological polar surface area (TPSA) is 92.3 Å². The number of hydrogen-bond donors (Lipinski definition) is 2. The third-order valence-corrected chi connectivity index (χ3v) is 7.13. The van der Waals surface area contributed by atoms with Gasteiger partial charge in [-0.25, -0.2) is 8.42 Å². The van der Waals surface area contributed by atoms with Crippen LogP contribution in [-0.4, -0.2) is 32.2 Å². The lowest BCUT2D eigenvalue weighted by Gasteiger charge is -2.37. The van der Waals surface area contributed by atoms with Gasteiger partial charge in [0, 0.05) is 24.3 Å². The number of sulfone groups is 1. The zero-order chi connectivity index (χ0) is 21.4. The predicted octanol–water partition coefficient (Wildman–Crippen LogP) is 3.75. The Morgan fingerprint density at radius 1 is 1.14 bits per heavy atom. The molecule has 10 heteroatoms. The summed E-state index contributed by atoms with van der Waals surface area (Å²) in [6.07, 6.45) is 3.29. The molecule has 2 aliphatic carbocycles. The minimum atomic E-state index is -5.53. The first kappa shape index (κ1) is 21.6. The van der Waals surface area contributed by atoms with Gasteiger partial charge in [-0.05, 0) is 50.8 Å². The van der Waals surface area contributed by atoms with Gasteiger partial charge < -0.3 is 10.6 Å². The standard InChI is InChI=1S/C19H23F3N2O4S/c1-2-23-15-7-6-14(29(27,28)19(20,21)22)10-16(15)24-18(26)13-8-11-4-3-5-12(9-13)17(11)25/h6-7,10-13,23H,2-5,8-9H2,1H3,(H,24,26)/t11-,12-/m0/s1. The highest BCUT2D eigenvalue weighted by atomic mass is 32.2. The Hall–Kier alpha value is -2.10. The summed E-state index contributed by atoms with van der Waals surface area (Å²) in [6, 6.07) is 2.89. The van der Waals surface area contributed by atoms with Crippen molar-refractivity contribution in [3.8, 4) is 0 Å². The maximum atomic E-state index is 12.9. The normalized spacial score (nSPS) is 24.8. The minimum Gasteiger partial charge on any atom is -0.384 e. The Bertz CT molecular complexity index is 899.